The number of phenolic OH excluding ortho intramolecular Hbond substituents is 2. The van der Waals surface area contributed by atoms with Crippen molar-refractivity contribution in [2.24, 2.45) is 0 Å². The van der Waals surface area contributed by atoms with E-state index in [0.29, 0.717) is 0 Å². The molecule has 4 aromatic rings. The second kappa shape index (κ2) is 9.00. The van der Waals surface area contributed by atoms with Crippen molar-refractivity contribution in [3.05, 3.63) is 91.1 Å². The summed E-state index contributed by atoms with van der Waals surface area (Å²) in [6, 6.07) is 27.5. The molecule has 1 heterocycles. The number of hydrogen-bond acceptors (Lipinski definition) is 3. The number of hydrogen-bond donors (Lipinski definition) is 2. The zero-order chi connectivity index (χ0) is 16.8. The fraction of sp³-hybridized carbons (Fsp3) is 0. The van der Waals surface area contributed by atoms with E-state index in [1.165, 1.54) is 0 Å². The maximum Gasteiger partial charge on any atom is 0.158 e. The van der Waals surface area contributed by atoms with E-state index in [-0.39, 0.29) is 32.6 Å². The smallest absolute Gasteiger partial charge is 0.158 e. The summed E-state index contributed by atoms with van der Waals surface area (Å²) in [5, 5.41) is 20.2. The maximum absolute atomic E-state index is 9.17. The zero-order valence-electron chi connectivity index (χ0n) is 13.2. The minimum Gasteiger partial charge on any atom is -0.504 e. The molecule has 0 atom stereocenters. The first-order chi connectivity index (χ1) is 11.7. The number of phenols is 2. The molecule has 0 fully saturated rings. The molecule has 3 aromatic carbocycles. The van der Waals surface area contributed by atoms with Gasteiger partial charge >= 0.3 is 0 Å². The van der Waals surface area contributed by atoms with Crippen molar-refractivity contribution in [2.45, 2.75) is 0 Å². The molecule has 0 radical (unpaired) electrons. The van der Waals surface area contributed by atoms with E-state index < -0.39 is 0 Å². The third-order valence-electron chi connectivity index (χ3n) is 3.49. The monoisotopic (exact) mass is 509 g/mol. The van der Waals surface area contributed by atoms with Crippen molar-refractivity contribution >= 4 is 10.8 Å². The van der Waals surface area contributed by atoms with Gasteiger partial charge in [0, 0.05) is 27.3 Å². The summed E-state index contributed by atoms with van der Waals surface area (Å²) in [5.41, 5.74) is 2.01. The summed E-state index contributed by atoms with van der Waals surface area (Å²) in [6.07, 6.45) is 1.79. The van der Waals surface area contributed by atoms with Gasteiger partial charge in [0.05, 0.1) is 0 Å². The number of fused-ring (bicyclic) bond motifs is 1. The zero-order valence-corrected chi connectivity index (χ0v) is 15.5. The van der Waals surface area contributed by atoms with Gasteiger partial charge in [-0.15, -0.1) is 35.9 Å². The quantitative estimate of drug-likeness (QED) is 0.287. The fourth-order valence-corrected chi connectivity index (χ4v) is 2.29. The van der Waals surface area contributed by atoms with Crippen LogP contribution in [0.1, 0.15) is 0 Å². The molecule has 2 N–H and O–H groups in total. The van der Waals surface area contributed by atoms with Crippen LogP contribution in [0, 0.1) is 6.07 Å². The van der Waals surface area contributed by atoms with Crippen molar-refractivity contribution < 1.29 is 31.3 Å². The van der Waals surface area contributed by atoms with E-state index in [1.54, 1.807) is 18.3 Å². The van der Waals surface area contributed by atoms with Gasteiger partial charge in [0.2, 0.25) is 0 Å². The van der Waals surface area contributed by atoms with Crippen LogP contribution in [0.4, 0.5) is 0 Å². The topological polar surface area (TPSA) is 53.4 Å². The van der Waals surface area contributed by atoms with E-state index in [2.05, 4.69) is 11.1 Å². The molecule has 0 unspecified atom stereocenters. The van der Waals surface area contributed by atoms with E-state index in [4.69, 9.17) is 10.2 Å². The predicted molar refractivity (Wildman–Crippen MR) is 95.8 cm³/mol. The Kier molecular flexibility index (Phi) is 6.73. The Morgan fingerprint density at radius 3 is 1.84 bits per heavy atom. The Morgan fingerprint density at radius 1 is 0.720 bits per heavy atom. The van der Waals surface area contributed by atoms with Gasteiger partial charge in [0.15, 0.2) is 11.5 Å². The van der Waals surface area contributed by atoms with Crippen molar-refractivity contribution in [3.8, 4) is 22.8 Å². The molecule has 0 bridgehead atoms. The van der Waals surface area contributed by atoms with Crippen LogP contribution in [-0.2, 0) is 21.1 Å². The second-order valence-corrected chi connectivity index (χ2v) is 5.18. The van der Waals surface area contributed by atoms with Gasteiger partial charge in [-0.2, -0.15) is 0 Å². The molecule has 0 saturated carbocycles. The number of rotatable bonds is 1. The largest absolute Gasteiger partial charge is 0.504 e. The molecule has 0 aliphatic heterocycles. The van der Waals surface area contributed by atoms with Crippen LogP contribution >= 0.6 is 0 Å². The Bertz CT molecular complexity index is 850. The first kappa shape index (κ1) is 18.7. The second-order valence-electron chi connectivity index (χ2n) is 5.18. The van der Waals surface area contributed by atoms with Gasteiger partial charge in [0.25, 0.3) is 0 Å². The molecular formula is C21H16NO2Pt-. The minimum atomic E-state index is -0.0753. The molecule has 0 amide bonds. The van der Waals surface area contributed by atoms with Crippen LogP contribution in [0.5, 0.6) is 11.5 Å². The normalized spacial score (nSPS) is 9.60. The standard InChI is InChI=1S/C11H8N.C10H8O2.Pt/c1-2-6-10(7-3-1)11-8-4-5-9-12-11;11-9-5-7-3-1-2-4-8(7)6-10(9)12;/h1-6,8-9H;1-6,11-12H;/q-1;;. The van der Waals surface area contributed by atoms with Crippen LogP contribution < -0.4 is 0 Å². The number of aromatic hydroxyl groups is 2. The predicted octanol–water partition coefficient (Wildman–Crippen LogP) is 4.80. The molecule has 4 rings (SSSR count). The molecule has 0 spiro atoms. The SMILES string of the molecule is Oc1cc2ccccc2cc1O.[Pt].[c-]1ccccc1-c1ccccn1. The first-order valence-electron chi connectivity index (χ1n) is 7.53. The van der Waals surface area contributed by atoms with Crippen LogP contribution in [0.15, 0.2) is 85.1 Å². The summed E-state index contributed by atoms with van der Waals surface area (Å²) in [5.74, 6) is -0.151. The molecule has 0 aliphatic rings. The Labute approximate surface area is 160 Å². The van der Waals surface area contributed by atoms with Crippen molar-refractivity contribution in [3.63, 3.8) is 0 Å². The number of pyridine rings is 1. The van der Waals surface area contributed by atoms with Crippen LogP contribution in [0.25, 0.3) is 22.0 Å². The van der Waals surface area contributed by atoms with Gasteiger partial charge in [0.1, 0.15) is 0 Å². The molecule has 128 valence electrons. The van der Waals surface area contributed by atoms with Gasteiger partial charge in [-0.1, -0.05) is 36.4 Å². The molecule has 0 saturated heterocycles. The Hall–Kier alpha value is -2.64. The third kappa shape index (κ3) is 4.91. The van der Waals surface area contributed by atoms with E-state index in [1.807, 2.05) is 66.7 Å². The maximum atomic E-state index is 9.17. The van der Waals surface area contributed by atoms with Crippen LogP contribution in [0.2, 0.25) is 0 Å². The molecule has 4 heteroatoms. The molecule has 25 heavy (non-hydrogen) atoms. The number of benzene rings is 3. The van der Waals surface area contributed by atoms with Gasteiger partial charge in [-0.05, 0) is 34.7 Å². The molecule has 3 nitrogen and oxygen atoms in total. The van der Waals surface area contributed by atoms with Crippen molar-refractivity contribution in [1.29, 1.82) is 0 Å². The van der Waals surface area contributed by atoms with E-state index >= 15 is 0 Å². The average Bonchev–Trinajstić information content (AvgIpc) is 2.65. The van der Waals surface area contributed by atoms with Gasteiger partial charge in [-0.25, -0.2) is 0 Å². The Morgan fingerprint density at radius 2 is 1.32 bits per heavy atom. The van der Waals surface area contributed by atoms with Gasteiger partial charge < -0.3 is 15.2 Å². The van der Waals surface area contributed by atoms with Gasteiger partial charge in [-0.3, -0.25) is 0 Å². The third-order valence-corrected chi connectivity index (χ3v) is 3.49. The summed E-state index contributed by atoms with van der Waals surface area (Å²) < 4.78 is 0. The van der Waals surface area contributed by atoms with Crippen LogP contribution in [0.3, 0.4) is 0 Å². The summed E-state index contributed by atoms with van der Waals surface area (Å²) in [7, 11) is 0. The summed E-state index contributed by atoms with van der Waals surface area (Å²) in [6.45, 7) is 0. The Balaban J connectivity index is 0.000000173. The summed E-state index contributed by atoms with van der Waals surface area (Å²) >= 11 is 0. The fourth-order valence-electron chi connectivity index (χ4n) is 2.29. The van der Waals surface area contributed by atoms with Crippen molar-refractivity contribution in [2.75, 3.05) is 0 Å². The summed E-state index contributed by atoms with van der Waals surface area (Å²) in [4.78, 5) is 4.22. The molecule has 0 aliphatic carbocycles. The first-order valence-corrected chi connectivity index (χ1v) is 7.53. The van der Waals surface area contributed by atoms with Crippen LogP contribution in [-0.4, -0.2) is 15.2 Å². The van der Waals surface area contributed by atoms with Crippen molar-refractivity contribution in [1.82, 2.24) is 4.98 Å². The average molecular weight is 509 g/mol. The number of aromatic nitrogens is 1. The number of nitrogens with zero attached hydrogens (tertiary/aromatic N) is 1. The van der Waals surface area contributed by atoms with E-state index in [0.717, 1.165) is 22.0 Å². The minimum absolute atomic E-state index is 0. The molecular weight excluding hydrogens is 493 g/mol. The molecule has 1 aromatic heterocycles. The van der Waals surface area contributed by atoms with E-state index in [9.17, 15) is 0 Å².